The van der Waals surface area contributed by atoms with Gasteiger partial charge in [0.1, 0.15) is 12.9 Å². The van der Waals surface area contributed by atoms with Crippen molar-refractivity contribution >= 4 is 17.2 Å². The Labute approximate surface area is 167 Å². The van der Waals surface area contributed by atoms with Gasteiger partial charge in [0.2, 0.25) is 5.69 Å². The van der Waals surface area contributed by atoms with Crippen molar-refractivity contribution < 1.29 is 4.57 Å². The SMILES string of the molecule is CC1=Cn2c(nc3cc(C)c(-c4cc(CC5CCCCC5)cc[n+]4C)cc32)C1. The number of aromatic nitrogens is 3. The maximum absolute atomic E-state index is 4.86. The highest BCUT2D eigenvalue weighted by atomic mass is 15.1. The third-order valence-electron chi connectivity index (χ3n) is 6.63. The number of fused-ring (bicyclic) bond motifs is 3. The van der Waals surface area contributed by atoms with E-state index in [1.807, 2.05) is 0 Å². The number of hydrogen-bond donors (Lipinski definition) is 0. The fourth-order valence-electron chi connectivity index (χ4n) is 5.09. The number of allylic oxidation sites excluding steroid dienone is 1. The predicted octanol–water partition coefficient (Wildman–Crippen LogP) is 5.38. The van der Waals surface area contributed by atoms with Crippen molar-refractivity contribution in [1.29, 1.82) is 0 Å². The molecule has 1 aromatic carbocycles. The van der Waals surface area contributed by atoms with Crippen LogP contribution in [0.5, 0.6) is 0 Å². The van der Waals surface area contributed by atoms with Crippen molar-refractivity contribution in [2.24, 2.45) is 13.0 Å². The maximum Gasteiger partial charge on any atom is 0.212 e. The molecule has 144 valence electrons. The van der Waals surface area contributed by atoms with Crippen LogP contribution in [0.15, 0.2) is 36.0 Å². The summed E-state index contributed by atoms with van der Waals surface area (Å²) in [4.78, 5) is 4.86. The van der Waals surface area contributed by atoms with Crippen molar-refractivity contribution in [3.8, 4) is 11.3 Å². The fourth-order valence-corrected chi connectivity index (χ4v) is 5.09. The van der Waals surface area contributed by atoms with E-state index in [1.165, 1.54) is 77.8 Å². The molecule has 2 aliphatic rings. The lowest BCUT2D eigenvalue weighted by molar-refractivity contribution is -0.660. The Hall–Kier alpha value is -2.42. The molecule has 28 heavy (non-hydrogen) atoms. The summed E-state index contributed by atoms with van der Waals surface area (Å²) in [6.07, 6.45) is 13.7. The normalized spacial score (nSPS) is 17.2. The number of pyridine rings is 1. The van der Waals surface area contributed by atoms with Gasteiger partial charge in [-0.15, -0.1) is 0 Å². The van der Waals surface area contributed by atoms with Crippen molar-refractivity contribution in [2.75, 3.05) is 0 Å². The number of hydrogen-bond acceptors (Lipinski definition) is 1. The Balaban J connectivity index is 1.56. The van der Waals surface area contributed by atoms with Crippen LogP contribution < -0.4 is 4.57 Å². The molecule has 1 fully saturated rings. The number of aryl methyl sites for hydroxylation is 2. The van der Waals surface area contributed by atoms with E-state index in [1.54, 1.807) is 0 Å². The van der Waals surface area contributed by atoms with Crippen LogP contribution in [0.25, 0.3) is 28.5 Å². The molecule has 0 amide bonds. The highest BCUT2D eigenvalue weighted by Crippen LogP contribution is 2.32. The molecule has 3 nitrogen and oxygen atoms in total. The van der Waals surface area contributed by atoms with E-state index in [0.717, 1.165) is 17.9 Å². The van der Waals surface area contributed by atoms with Gasteiger partial charge in [0.05, 0.1) is 16.6 Å². The van der Waals surface area contributed by atoms with Gasteiger partial charge in [0.25, 0.3) is 0 Å². The van der Waals surface area contributed by atoms with Crippen molar-refractivity contribution in [3.63, 3.8) is 0 Å². The predicted molar refractivity (Wildman–Crippen MR) is 115 cm³/mol. The first-order valence-corrected chi connectivity index (χ1v) is 10.8. The largest absolute Gasteiger partial charge is 0.303 e. The molecular weight excluding hydrogens is 342 g/mol. The molecule has 3 heterocycles. The molecule has 0 atom stereocenters. The number of benzene rings is 1. The summed E-state index contributed by atoms with van der Waals surface area (Å²) < 4.78 is 4.54. The second-order valence-electron chi connectivity index (χ2n) is 8.95. The molecule has 5 rings (SSSR count). The van der Waals surface area contributed by atoms with Gasteiger partial charge >= 0.3 is 0 Å². The van der Waals surface area contributed by atoms with E-state index in [9.17, 15) is 0 Å². The Bertz CT molecular complexity index is 1080. The van der Waals surface area contributed by atoms with E-state index in [4.69, 9.17) is 4.98 Å². The molecule has 3 heteroatoms. The van der Waals surface area contributed by atoms with Crippen molar-refractivity contribution in [2.45, 2.75) is 58.8 Å². The minimum Gasteiger partial charge on any atom is -0.303 e. The van der Waals surface area contributed by atoms with Gasteiger partial charge in [0.15, 0.2) is 6.20 Å². The zero-order valence-corrected chi connectivity index (χ0v) is 17.3. The average molecular weight is 373 g/mol. The smallest absolute Gasteiger partial charge is 0.212 e. The van der Waals surface area contributed by atoms with Crippen LogP contribution in [0.2, 0.25) is 0 Å². The van der Waals surface area contributed by atoms with Crippen LogP contribution in [0.4, 0.5) is 0 Å². The van der Waals surface area contributed by atoms with Crippen LogP contribution in [-0.2, 0) is 19.9 Å². The van der Waals surface area contributed by atoms with E-state index < -0.39 is 0 Å². The van der Waals surface area contributed by atoms with Gasteiger partial charge in [-0.25, -0.2) is 9.55 Å². The summed E-state index contributed by atoms with van der Waals surface area (Å²) in [5.41, 5.74) is 9.13. The monoisotopic (exact) mass is 372 g/mol. The van der Waals surface area contributed by atoms with Crippen LogP contribution >= 0.6 is 0 Å². The standard InChI is InChI=1S/C25H30N3/c1-17-11-25-26-22-12-18(2)21(15-24(22)28(25)16-17)23-14-20(9-10-27(23)3)13-19-7-5-4-6-8-19/h9-10,12,14-16,19H,4-8,11,13H2,1-3H3/q+1. The van der Waals surface area contributed by atoms with Crippen LogP contribution in [-0.4, -0.2) is 9.55 Å². The Morgan fingerprint density at radius 3 is 2.75 bits per heavy atom. The van der Waals surface area contributed by atoms with Crippen LogP contribution in [0, 0.1) is 12.8 Å². The molecule has 0 unspecified atom stereocenters. The second-order valence-corrected chi connectivity index (χ2v) is 8.95. The summed E-state index contributed by atoms with van der Waals surface area (Å²) in [5.74, 6) is 2.03. The van der Waals surface area contributed by atoms with Gasteiger partial charge in [-0.1, -0.05) is 32.1 Å². The van der Waals surface area contributed by atoms with Gasteiger partial charge in [-0.05, 0) is 55.0 Å². The number of rotatable bonds is 3. The van der Waals surface area contributed by atoms with Crippen molar-refractivity contribution in [1.82, 2.24) is 9.55 Å². The summed E-state index contributed by atoms with van der Waals surface area (Å²) in [5, 5.41) is 0. The molecule has 1 aliphatic heterocycles. The van der Waals surface area contributed by atoms with Crippen LogP contribution in [0.3, 0.4) is 0 Å². The summed E-state index contributed by atoms with van der Waals surface area (Å²) in [6.45, 7) is 4.40. The van der Waals surface area contributed by atoms with Crippen LogP contribution in [0.1, 0.15) is 56.0 Å². The van der Waals surface area contributed by atoms with E-state index in [2.05, 4.69) is 66.7 Å². The lowest BCUT2D eigenvalue weighted by Crippen LogP contribution is -2.31. The first-order chi connectivity index (χ1) is 13.6. The molecule has 0 radical (unpaired) electrons. The second kappa shape index (κ2) is 6.88. The third kappa shape index (κ3) is 3.07. The van der Waals surface area contributed by atoms with E-state index in [-0.39, 0.29) is 0 Å². The summed E-state index contributed by atoms with van der Waals surface area (Å²) >= 11 is 0. The number of nitrogens with zero attached hydrogens (tertiary/aromatic N) is 3. The zero-order valence-electron chi connectivity index (χ0n) is 17.3. The highest BCUT2D eigenvalue weighted by molar-refractivity contribution is 5.86. The molecule has 0 N–H and O–H groups in total. The lowest BCUT2D eigenvalue weighted by Gasteiger charge is -2.21. The average Bonchev–Trinajstić information content (AvgIpc) is 3.19. The lowest BCUT2D eigenvalue weighted by atomic mass is 9.85. The maximum atomic E-state index is 4.86. The topological polar surface area (TPSA) is 21.7 Å². The molecule has 1 saturated carbocycles. The van der Waals surface area contributed by atoms with E-state index >= 15 is 0 Å². The summed E-state index contributed by atoms with van der Waals surface area (Å²) in [6, 6.07) is 9.34. The zero-order chi connectivity index (χ0) is 19.3. The molecule has 0 bridgehead atoms. The molecule has 2 aromatic heterocycles. The Morgan fingerprint density at radius 1 is 1.11 bits per heavy atom. The molecular formula is C25H30N3+. The van der Waals surface area contributed by atoms with Gasteiger partial charge in [-0.2, -0.15) is 0 Å². The fraction of sp³-hybridized carbons (Fsp3) is 0.440. The minimum atomic E-state index is 0.865. The Kier molecular flexibility index (Phi) is 4.34. The molecule has 3 aromatic rings. The quantitative estimate of drug-likeness (QED) is 0.566. The molecule has 0 saturated heterocycles. The van der Waals surface area contributed by atoms with Crippen molar-refractivity contribution in [3.05, 3.63) is 53.0 Å². The molecule has 1 aliphatic carbocycles. The highest BCUT2D eigenvalue weighted by Gasteiger charge is 2.21. The minimum absolute atomic E-state index is 0.865. The van der Waals surface area contributed by atoms with E-state index in [0.29, 0.717) is 0 Å². The molecule has 0 spiro atoms. The third-order valence-corrected chi connectivity index (χ3v) is 6.63. The van der Waals surface area contributed by atoms with Gasteiger partial charge in [-0.3, -0.25) is 0 Å². The first-order valence-electron chi connectivity index (χ1n) is 10.8. The van der Waals surface area contributed by atoms with Gasteiger partial charge < -0.3 is 4.57 Å². The summed E-state index contributed by atoms with van der Waals surface area (Å²) in [7, 11) is 2.16. The van der Waals surface area contributed by atoms with Gasteiger partial charge in [0, 0.05) is 24.8 Å². The Morgan fingerprint density at radius 2 is 1.93 bits per heavy atom. The number of imidazole rings is 1. The first kappa shape index (κ1) is 17.7.